The fourth-order valence-corrected chi connectivity index (χ4v) is 2.24. The summed E-state index contributed by atoms with van der Waals surface area (Å²) in [4.78, 5) is 34.7. The minimum Gasteiger partial charge on any atom is -0.481 e. The molecule has 0 atom stereocenters. The van der Waals surface area contributed by atoms with E-state index in [1.165, 1.54) is 16.9 Å². The zero-order valence-electron chi connectivity index (χ0n) is 11.6. The number of amides is 1. The Morgan fingerprint density at radius 2 is 2.10 bits per heavy atom. The molecule has 2 heterocycles. The van der Waals surface area contributed by atoms with Crippen molar-refractivity contribution in [1.29, 1.82) is 0 Å². The number of piperidine rings is 1. The second-order valence-electron chi connectivity index (χ2n) is 5.38. The molecular weight excluding hydrogens is 280 g/mol. The van der Waals surface area contributed by atoms with E-state index < -0.39 is 16.3 Å². The van der Waals surface area contributed by atoms with Gasteiger partial charge in [0.25, 0.3) is 0 Å². The van der Waals surface area contributed by atoms with E-state index in [1.807, 2.05) is 0 Å². The van der Waals surface area contributed by atoms with Gasteiger partial charge in [0.05, 0.1) is 22.8 Å². The quantitative estimate of drug-likeness (QED) is 0.638. The van der Waals surface area contributed by atoms with E-state index in [1.54, 1.807) is 11.8 Å². The molecule has 1 aromatic rings. The molecule has 0 unspecified atom stereocenters. The number of carbonyl (C=O) groups excluding carboxylic acids is 1. The highest BCUT2D eigenvalue weighted by Crippen LogP contribution is 2.31. The maximum atomic E-state index is 12.1. The van der Waals surface area contributed by atoms with Gasteiger partial charge in [-0.1, -0.05) is 0 Å². The molecule has 9 heteroatoms. The van der Waals surface area contributed by atoms with Gasteiger partial charge in [0.2, 0.25) is 5.91 Å². The first-order valence-electron chi connectivity index (χ1n) is 6.51. The smallest absolute Gasteiger partial charge is 0.389 e. The van der Waals surface area contributed by atoms with Crippen LogP contribution in [0.25, 0.3) is 0 Å². The maximum Gasteiger partial charge on any atom is 0.389 e. The Kier molecular flexibility index (Phi) is 3.92. The molecule has 2 rings (SSSR count). The van der Waals surface area contributed by atoms with Gasteiger partial charge in [-0.05, 0) is 24.7 Å². The van der Waals surface area contributed by atoms with Crippen molar-refractivity contribution in [2.24, 2.45) is 5.41 Å². The molecule has 1 aromatic heterocycles. The molecule has 1 saturated heterocycles. The number of hydrogen-bond acceptors (Lipinski definition) is 5. The number of carboxylic acid groups (broad SMARTS) is 1. The van der Waals surface area contributed by atoms with Crippen LogP contribution in [-0.2, 0) is 16.1 Å². The molecule has 114 valence electrons. The third-order valence-electron chi connectivity index (χ3n) is 3.85. The van der Waals surface area contributed by atoms with Crippen molar-refractivity contribution in [2.75, 3.05) is 13.1 Å². The Morgan fingerprint density at radius 3 is 2.57 bits per heavy atom. The molecule has 0 bridgehead atoms. The van der Waals surface area contributed by atoms with Crippen molar-refractivity contribution in [3.8, 4) is 0 Å². The van der Waals surface area contributed by atoms with Gasteiger partial charge in [-0.2, -0.15) is 4.68 Å². The summed E-state index contributed by atoms with van der Waals surface area (Å²) in [5.74, 6) is -1.38. The molecule has 0 saturated carbocycles. The van der Waals surface area contributed by atoms with Crippen LogP contribution < -0.4 is 0 Å². The van der Waals surface area contributed by atoms with Crippen LogP contribution in [0.1, 0.15) is 19.8 Å². The van der Waals surface area contributed by atoms with Crippen LogP contribution in [0.5, 0.6) is 0 Å². The van der Waals surface area contributed by atoms with Crippen molar-refractivity contribution >= 4 is 17.7 Å². The number of aliphatic carboxylic acids is 1. The predicted octanol–water partition coefficient (Wildman–Crippen LogP) is 0.505. The first kappa shape index (κ1) is 14.9. The normalized spacial score (nSPS) is 17.5. The van der Waals surface area contributed by atoms with E-state index in [4.69, 9.17) is 5.11 Å². The van der Waals surface area contributed by atoms with Crippen molar-refractivity contribution < 1.29 is 19.6 Å². The molecule has 1 N–H and O–H groups in total. The van der Waals surface area contributed by atoms with Gasteiger partial charge < -0.3 is 20.1 Å². The molecule has 0 aliphatic carbocycles. The highest BCUT2D eigenvalue weighted by atomic mass is 16.6. The molecular formula is C12H16N4O5. The zero-order chi connectivity index (χ0) is 15.6. The van der Waals surface area contributed by atoms with E-state index in [-0.39, 0.29) is 18.3 Å². The number of likely N-dealkylation sites (tertiary alicyclic amines) is 1. The maximum absolute atomic E-state index is 12.1. The Morgan fingerprint density at radius 1 is 1.48 bits per heavy atom. The Hall–Kier alpha value is -2.45. The van der Waals surface area contributed by atoms with Gasteiger partial charge in [-0.25, -0.2) is 0 Å². The van der Waals surface area contributed by atoms with Crippen LogP contribution in [-0.4, -0.2) is 49.7 Å². The summed E-state index contributed by atoms with van der Waals surface area (Å²) in [7, 11) is 0. The summed E-state index contributed by atoms with van der Waals surface area (Å²) < 4.78 is 1.21. The fourth-order valence-electron chi connectivity index (χ4n) is 2.24. The topological polar surface area (TPSA) is 119 Å². The Bertz CT molecular complexity index is 574. The van der Waals surface area contributed by atoms with Crippen molar-refractivity contribution in [3.05, 3.63) is 22.4 Å². The lowest BCUT2D eigenvalue weighted by molar-refractivity contribution is -0.389. The predicted molar refractivity (Wildman–Crippen MR) is 70.4 cm³/mol. The van der Waals surface area contributed by atoms with Gasteiger partial charge in [0.1, 0.15) is 6.54 Å². The van der Waals surface area contributed by atoms with Gasteiger partial charge in [-0.15, -0.1) is 0 Å². The average Bonchev–Trinajstić information content (AvgIpc) is 2.88. The lowest BCUT2D eigenvalue weighted by atomic mass is 9.80. The first-order valence-corrected chi connectivity index (χ1v) is 6.51. The van der Waals surface area contributed by atoms with E-state index in [2.05, 4.69) is 5.10 Å². The molecule has 0 radical (unpaired) electrons. The lowest BCUT2D eigenvalue weighted by Gasteiger charge is -2.36. The molecule has 1 amide bonds. The van der Waals surface area contributed by atoms with Gasteiger partial charge >= 0.3 is 11.8 Å². The van der Waals surface area contributed by atoms with Crippen LogP contribution in [0.15, 0.2) is 12.3 Å². The largest absolute Gasteiger partial charge is 0.481 e. The number of rotatable bonds is 4. The summed E-state index contributed by atoms with van der Waals surface area (Å²) in [6.07, 6.45) is 2.17. The van der Waals surface area contributed by atoms with Crippen molar-refractivity contribution in [2.45, 2.75) is 26.3 Å². The van der Waals surface area contributed by atoms with E-state index >= 15 is 0 Å². The van der Waals surface area contributed by atoms with Crippen LogP contribution in [0, 0.1) is 15.5 Å². The lowest BCUT2D eigenvalue weighted by Crippen LogP contribution is -2.46. The van der Waals surface area contributed by atoms with Crippen LogP contribution in [0.2, 0.25) is 0 Å². The van der Waals surface area contributed by atoms with Crippen molar-refractivity contribution in [3.63, 3.8) is 0 Å². The summed E-state index contributed by atoms with van der Waals surface area (Å²) in [6.45, 7) is 2.32. The number of hydrogen-bond donors (Lipinski definition) is 1. The van der Waals surface area contributed by atoms with Crippen LogP contribution in [0.4, 0.5) is 5.82 Å². The SMILES string of the molecule is CC1(C(=O)O)CCN(C(=O)Cn2ccc([N+](=O)[O-])n2)CC1. The number of nitro groups is 1. The van der Waals surface area contributed by atoms with E-state index in [0.717, 1.165) is 0 Å². The molecule has 1 aliphatic heterocycles. The summed E-state index contributed by atoms with van der Waals surface area (Å²) >= 11 is 0. The standard InChI is InChI=1S/C12H16N4O5/c1-12(11(18)19)3-6-14(7-4-12)10(17)8-15-5-2-9(13-15)16(20)21/h2,5H,3-4,6-8H2,1H3,(H,18,19). The number of nitrogens with zero attached hydrogens (tertiary/aromatic N) is 4. The zero-order valence-corrected chi connectivity index (χ0v) is 11.6. The minimum absolute atomic E-state index is 0.0857. The summed E-state index contributed by atoms with van der Waals surface area (Å²) in [5, 5.41) is 23.3. The molecule has 1 fully saturated rings. The second kappa shape index (κ2) is 5.51. The third kappa shape index (κ3) is 3.18. The first-order chi connectivity index (χ1) is 9.82. The van der Waals surface area contributed by atoms with Gasteiger partial charge in [0, 0.05) is 13.1 Å². The van der Waals surface area contributed by atoms with E-state index in [9.17, 15) is 19.7 Å². The average molecular weight is 296 g/mol. The minimum atomic E-state index is -0.850. The third-order valence-corrected chi connectivity index (χ3v) is 3.85. The summed E-state index contributed by atoms with van der Waals surface area (Å²) in [6, 6.07) is 1.23. The van der Waals surface area contributed by atoms with Crippen LogP contribution in [0.3, 0.4) is 0 Å². The monoisotopic (exact) mass is 296 g/mol. The van der Waals surface area contributed by atoms with Crippen molar-refractivity contribution in [1.82, 2.24) is 14.7 Å². The van der Waals surface area contributed by atoms with Crippen LogP contribution >= 0.6 is 0 Å². The number of aromatic nitrogens is 2. The van der Waals surface area contributed by atoms with E-state index in [0.29, 0.717) is 25.9 Å². The summed E-state index contributed by atoms with van der Waals surface area (Å²) in [5.41, 5.74) is -0.790. The Labute approximate surface area is 120 Å². The highest BCUT2D eigenvalue weighted by molar-refractivity contribution is 5.77. The highest BCUT2D eigenvalue weighted by Gasteiger charge is 2.38. The number of carbonyl (C=O) groups is 2. The van der Waals surface area contributed by atoms with Gasteiger partial charge in [-0.3, -0.25) is 9.59 Å². The molecule has 1 aliphatic rings. The molecule has 21 heavy (non-hydrogen) atoms. The Balaban J connectivity index is 1.93. The fraction of sp³-hybridized carbons (Fsp3) is 0.583. The molecule has 9 nitrogen and oxygen atoms in total. The second-order valence-corrected chi connectivity index (χ2v) is 5.38. The number of carboxylic acids is 1. The molecule has 0 aromatic carbocycles. The van der Waals surface area contributed by atoms with Gasteiger partial charge in [0.15, 0.2) is 0 Å². The molecule has 0 spiro atoms.